The molecule has 0 aliphatic rings. The molecule has 0 amide bonds. The summed E-state index contributed by atoms with van der Waals surface area (Å²) in [6.45, 7) is 4.71. The van der Waals surface area contributed by atoms with Crippen molar-refractivity contribution in [3.8, 4) is 5.82 Å². The first-order chi connectivity index (χ1) is 7.29. The fraction of sp³-hybridized carbons (Fsp3) is 0.333. The summed E-state index contributed by atoms with van der Waals surface area (Å²) < 4.78 is 1.61. The quantitative estimate of drug-likeness (QED) is 0.800. The van der Waals surface area contributed by atoms with Crippen molar-refractivity contribution in [3.05, 3.63) is 24.4 Å². The van der Waals surface area contributed by atoms with E-state index in [9.17, 15) is 0 Å². The molecule has 0 unspecified atom stereocenters. The number of rotatable bonds is 3. The zero-order valence-electron chi connectivity index (χ0n) is 8.68. The van der Waals surface area contributed by atoms with Crippen molar-refractivity contribution in [2.75, 3.05) is 11.9 Å². The lowest BCUT2D eigenvalue weighted by molar-refractivity contribution is 0.833. The molecule has 0 aliphatic heterocycles. The third-order valence-corrected chi connectivity index (χ3v) is 1.83. The van der Waals surface area contributed by atoms with Crippen molar-refractivity contribution in [2.24, 2.45) is 0 Å². The molecule has 0 aromatic carbocycles. The average molecular weight is 204 g/mol. The molecular weight excluding hydrogens is 192 g/mol. The normalized spacial score (nSPS) is 10.3. The predicted octanol–water partition coefficient (Wildman–Crippen LogP) is 0.798. The molecule has 0 atom stereocenters. The van der Waals surface area contributed by atoms with Gasteiger partial charge in [-0.1, -0.05) is 0 Å². The van der Waals surface area contributed by atoms with Crippen molar-refractivity contribution < 1.29 is 0 Å². The van der Waals surface area contributed by atoms with Gasteiger partial charge in [-0.15, -0.1) is 0 Å². The fourth-order valence-corrected chi connectivity index (χ4v) is 1.23. The standard InChI is InChI=1S/C9H12N6/c1-3-11-9-13-7(2)4-8(14-9)15-6-10-5-12-15/h4-6H,3H2,1-2H3,(H,11,13,14). The summed E-state index contributed by atoms with van der Waals surface area (Å²) in [5.74, 6) is 1.33. The van der Waals surface area contributed by atoms with Crippen LogP contribution in [0.25, 0.3) is 5.82 Å². The van der Waals surface area contributed by atoms with E-state index >= 15 is 0 Å². The van der Waals surface area contributed by atoms with Crippen LogP contribution in [0.4, 0.5) is 5.95 Å². The van der Waals surface area contributed by atoms with Crippen molar-refractivity contribution in [3.63, 3.8) is 0 Å². The summed E-state index contributed by atoms with van der Waals surface area (Å²) in [5.41, 5.74) is 0.895. The number of anilines is 1. The summed E-state index contributed by atoms with van der Waals surface area (Å²) >= 11 is 0. The highest BCUT2D eigenvalue weighted by atomic mass is 15.3. The van der Waals surface area contributed by atoms with E-state index in [2.05, 4.69) is 25.4 Å². The van der Waals surface area contributed by atoms with Gasteiger partial charge in [0.25, 0.3) is 0 Å². The maximum absolute atomic E-state index is 4.30. The predicted molar refractivity (Wildman–Crippen MR) is 55.8 cm³/mol. The lowest BCUT2D eigenvalue weighted by atomic mass is 10.4. The molecule has 0 bridgehead atoms. The Morgan fingerprint density at radius 2 is 2.27 bits per heavy atom. The Hall–Kier alpha value is -1.98. The topological polar surface area (TPSA) is 68.5 Å². The Kier molecular flexibility index (Phi) is 2.57. The molecule has 2 heterocycles. The van der Waals surface area contributed by atoms with Gasteiger partial charge < -0.3 is 5.32 Å². The molecule has 0 aliphatic carbocycles. The van der Waals surface area contributed by atoms with Gasteiger partial charge >= 0.3 is 0 Å². The zero-order valence-corrected chi connectivity index (χ0v) is 8.68. The van der Waals surface area contributed by atoms with Crippen molar-refractivity contribution in [1.82, 2.24) is 24.7 Å². The molecule has 0 fully saturated rings. The minimum atomic E-state index is 0.614. The summed E-state index contributed by atoms with van der Waals surface area (Å²) in [5, 5.41) is 7.08. The molecule has 6 nitrogen and oxygen atoms in total. The van der Waals surface area contributed by atoms with Gasteiger partial charge in [-0.25, -0.2) is 14.6 Å². The summed E-state index contributed by atoms with van der Waals surface area (Å²) in [4.78, 5) is 12.4. The first kappa shape index (κ1) is 9.57. The Balaban J connectivity index is 2.40. The number of nitrogens with one attached hydrogen (secondary N) is 1. The van der Waals surface area contributed by atoms with E-state index in [1.807, 2.05) is 19.9 Å². The maximum atomic E-state index is 4.30. The fourth-order valence-electron chi connectivity index (χ4n) is 1.23. The van der Waals surface area contributed by atoms with Crippen LogP contribution in [0.15, 0.2) is 18.7 Å². The Morgan fingerprint density at radius 3 is 2.93 bits per heavy atom. The first-order valence-corrected chi connectivity index (χ1v) is 4.74. The molecule has 6 heteroatoms. The molecule has 15 heavy (non-hydrogen) atoms. The number of aryl methyl sites for hydroxylation is 1. The van der Waals surface area contributed by atoms with Gasteiger partial charge in [0.15, 0.2) is 5.82 Å². The monoisotopic (exact) mass is 204 g/mol. The summed E-state index contributed by atoms with van der Waals surface area (Å²) in [6, 6.07) is 1.86. The van der Waals surface area contributed by atoms with Crippen LogP contribution in [0.3, 0.4) is 0 Å². The van der Waals surface area contributed by atoms with Crippen LogP contribution in [0, 0.1) is 6.92 Å². The number of aromatic nitrogens is 5. The minimum absolute atomic E-state index is 0.614. The molecule has 0 saturated carbocycles. The van der Waals surface area contributed by atoms with Gasteiger partial charge in [0, 0.05) is 18.3 Å². The van der Waals surface area contributed by atoms with Gasteiger partial charge in [0.2, 0.25) is 5.95 Å². The van der Waals surface area contributed by atoms with Gasteiger partial charge in [-0.2, -0.15) is 10.1 Å². The highest BCUT2D eigenvalue weighted by molar-refractivity contribution is 5.33. The lowest BCUT2D eigenvalue weighted by Crippen LogP contribution is -2.07. The van der Waals surface area contributed by atoms with E-state index in [0.29, 0.717) is 5.95 Å². The van der Waals surface area contributed by atoms with Crippen molar-refractivity contribution in [2.45, 2.75) is 13.8 Å². The number of hydrogen-bond acceptors (Lipinski definition) is 5. The molecule has 2 aromatic rings. The summed E-state index contributed by atoms with van der Waals surface area (Å²) in [6.07, 6.45) is 3.09. The van der Waals surface area contributed by atoms with Crippen LogP contribution in [0.5, 0.6) is 0 Å². The van der Waals surface area contributed by atoms with Crippen LogP contribution >= 0.6 is 0 Å². The highest BCUT2D eigenvalue weighted by Gasteiger charge is 2.03. The second-order valence-electron chi connectivity index (χ2n) is 3.06. The van der Waals surface area contributed by atoms with E-state index in [1.54, 1.807) is 11.0 Å². The average Bonchev–Trinajstić information content (AvgIpc) is 2.70. The van der Waals surface area contributed by atoms with Crippen molar-refractivity contribution in [1.29, 1.82) is 0 Å². The molecule has 78 valence electrons. The van der Waals surface area contributed by atoms with Crippen LogP contribution in [0.2, 0.25) is 0 Å². The Bertz CT molecular complexity index is 436. The molecule has 2 aromatic heterocycles. The second-order valence-corrected chi connectivity index (χ2v) is 3.06. The molecule has 0 spiro atoms. The van der Waals surface area contributed by atoms with E-state index in [4.69, 9.17) is 0 Å². The smallest absolute Gasteiger partial charge is 0.224 e. The van der Waals surface area contributed by atoms with E-state index in [0.717, 1.165) is 18.1 Å². The van der Waals surface area contributed by atoms with Crippen LogP contribution < -0.4 is 5.32 Å². The third kappa shape index (κ3) is 2.09. The first-order valence-electron chi connectivity index (χ1n) is 4.74. The largest absolute Gasteiger partial charge is 0.354 e. The van der Waals surface area contributed by atoms with Gasteiger partial charge in [0.1, 0.15) is 12.7 Å². The summed E-state index contributed by atoms with van der Waals surface area (Å²) in [7, 11) is 0. The molecule has 1 N–H and O–H groups in total. The zero-order chi connectivity index (χ0) is 10.7. The maximum Gasteiger partial charge on any atom is 0.224 e. The molecule has 0 saturated heterocycles. The van der Waals surface area contributed by atoms with Crippen LogP contribution in [-0.2, 0) is 0 Å². The van der Waals surface area contributed by atoms with Gasteiger partial charge in [-0.05, 0) is 13.8 Å². The minimum Gasteiger partial charge on any atom is -0.354 e. The van der Waals surface area contributed by atoms with Gasteiger partial charge in [0.05, 0.1) is 0 Å². The Labute approximate surface area is 87.4 Å². The van der Waals surface area contributed by atoms with E-state index in [-0.39, 0.29) is 0 Å². The number of nitrogens with zero attached hydrogens (tertiary/aromatic N) is 5. The Morgan fingerprint density at radius 1 is 1.40 bits per heavy atom. The van der Waals surface area contributed by atoms with Crippen LogP contribution in [0.1, 0.15) is 12.6 Å². The molecule has 2 rings (SSSR count). The SMILES string of the molecule is CCNc1nc(C)cc(-n2cncn2)n1. The number of hydrogen-bond donors (Lipinski definition) is 1. The van der Waals surface area contributed by atoms with Crippen molar-refractivity contribution >= 4 is 5.95 Å². The lowest BCUT2D eigenvalue weighted by Gasteiger charge is -2.05. The van der Waals surface area contributed by atoms with E-state index < -0.39 is 0 Å². The third-order valence-electron chi connectivity index (χ3n) is 1.83. The molecular formula is C9H12N6. The van der Waals surface area contributed by atoms with E-state index in [1.165, 1.54) is 6.33 Å². The molecule has 0 radical (unpaired) electrons. The highest BCUT2D eigenvalue weighted by Crippen LogP contribution is 2.07. The van der Waals surface area contributed by atoms with Gasteiger partial charge in [-0.3, -0.25) is 0 Å². The van der Waals surface area contributed by atoms with Crippen LogP contribution in [-0.4, -0.2) is 31.3 Å². The second kappa shape index (κ2) is 4.04.